The topological polar surface area (TPSA) is 83.9 Å². The van der Waals surface area contributed by atoms with E-state index >= 15 is 0 Å². The quantitative estimate of drug-likeness (QED) is 0.790. The number of oxazole rings is 1. The molecule has 1 aromatic carbocycles. The molecule has 2 aromatic heterocycles. The van der Waals surface area contributed by atoms with Gasteiger partial charge in [-0.25, -0.2) is 9.78 Å². The molecule has 0 radical (unpaired) electrons. The maximum absolute atomic E-state index is 11.8. The second-order valence-electron chi connectivity index (χ2n) is 4.43. The first-order valence-corrected chi connectivity index (χ1v) is 6.47. The van der Waals surface area contributed by atoms with Crippen molar-refractivity contribution in [3.63, 3.8) is 0 Å². The molecule has 0 atom stereocenters. The Labute approximate surface area is 120 Å². The maximum atomic E-state index is 11.8. The largest absolute Gasteiger partial charge is 0.420 e. The summed E-state index contributed by atoms with van der Waals surface area (Å²) < 4.78 is 6.71. The Morgan fingerprint density at radius 1 is 1.29 bits per heavy atom. The van der Waals surface area contributed by atoms with E-state index in [1.54, 1.807) is 29.0 Å². The van der Waals surface area contributed by atoms with Crippen LogP contribution in [0.25, 0.3) is 11.1 Å². The summed E-state index contributed by atoms with van der Waals surface area (Å²) >= 11 is 0. The Morgan fingerprint density at radius 2 is 2.14 bits per heavy atom. The minimum absolute atomic E-state index is 0.389. The third-order valence-electron chi connectivity index (χ3n) is 3.13. The SMILES string of the molecule is N#Cc1cccnc1NCCn1c(=O)oc2ccccc21. The maximum Gasteiger partial charge on any atom is 0.420 e. The highest BCUT2D eigenvalue weighted by Crippen LogP contribution is 2.12. The molecule has 0 aliphatic carbocycles. The van der Waals surface area contributed by atoms with Crippen LogP contribution >= 0.6 is 0 Å². The summed E-state index contributed by atoms with van der Waals surface area (Å²) in [5, 5.41) is 12.0. The molecule has 21 heavy (non-hydrogen) atoms. The van der Waals surface area contributed by atoms with Crippen molar-refractivity contribution in [1.82, 2.24) is 9.55 Å². The molecule has 6 nitrogen and oxygen atoms in total. The van der Waals surface area contributed by atoms with E-state index in [0.717, 1.165) is 5.52 Å². The van der Waals surface area contributed by atoms with Crippen LogP contribution in [0.5, 0.6) is 0 Å². The minimum Gasteiger partial charge on any atom is -0.408 e. The number of hydrogen-bond acceptors (Lipinski definition) is 5. The first kappa shape index (κ1) is 12.9. The normalized spacial score (nSPS) is 10.4. The van der Waals surface area contributed by atoms with Gasteiger partial charge < -0.3 is 9.73 Å². The number of nitrogens with one attached hydrogen (secondary N) is 1. The zero-order valence-corrected chi connectivity index (χ0v) is 11.1. The Morgan fingerprint density at radius 3 is 3.00 bits per heavy atom. The van der Waals surface area contributed by atoms with Gasteiger partial charge in [0, 0.05) is 19.3 Å². The summed E-state index contributed by atoms with van der Waals surface area (Å²) in [6.45, 7) is 0.895. The number of aromatic nitrogens is 2. The van der Waals surface area contributed by atoms with Gasteiger partial charge in [0.1, 0.15) is 11.9 Å². The zero-order chi connectivity index (χ0) is 14.7. The predicted octanol–water partition coefficient (Wildman–Crippen LogP) is 1.97. The first-order valence-electron chi connectivity index (χ1n) is 6.47. The number of nitriles is 1. The summed E-state index contributed by atoms with van der Waals surface area (Å²) in [7, 11) is 0. The predicted molar refractivity (Wildman–Crippen MR) is 77.9 cm³/mol. The van der Waals surface area contributed by atoms with Crippen LogP contribution in [-0.2, 0) is 6.54 Å². The third-order valence-corrected chi connectivity index (χ3v) is 3.13. The number of rotatable bonds is 4. The van der Waals surface area contributed by atoms with E-state index in [0.29, 0.717) is 30.1 Å². The van der Waals surface area contributed by atoms with Crippen LogP contribution in [0.3, 0.4) is 0 Å². The number of fused-ring (bicyclic) bond motifs is 1. The highest BCUT2D eigenvalue weighted by Gasteiger charge is 2.08. The van der Waals surface area contributed by atoms with Gasteiger partial charge in [0.05, 0.1) is 11.1 Å². The van der Waals surface area contributed by atoms with E-state index in [9.17, 15) is 4.79 Å². The molecule has 3 rings (SSSR count). The van der Waals surface area contributed by atoms with Crippen molar-refractivity contribution in [2.45, 2.75) is 6.54 Å². The van der Waals surface area contributed by atoms with Gasteiger partial charge in [-0.05, 0) is 24.3 Å². The molecule has 3 aromatic rings. The molecular weight excluding hydrogens is 268 g/mol. The number of nitrogens with zero attached hydrogens (tertiary/aromatic N) is 3. The monoisotopic (exact) mass is 280 g/mol. The molecule has 104 valence electrons. The summed E-state index contributed by atoms with van der Waals surface area (Å²) in [5.41, 5.74) is 1.80. The number of pyridine rings is 1. The Bertz CT molecular complexity index is 873. The van der Waals surface area contributed by atoms with Crippen molar-refractivity contribution in [3.05, 3.63) is 58.7 Å². The lowest BCUT2D eigenvalue weighted by atomic mass is 10.3. The lowest BCUT2D eigenvalue weighted by molar-refractivity contribution is 0.509. The molecule has 2 heterocycles. The molecular formula is C15H12N4O2. The molecule has 0 saturated carbocycles. The van der Waals surface area contributed by atoms with Gasteiger partial charge in [-0.3, -0.25) is 4.57 Å². The standard InChI is InChI=1S/C15H12N4O2/c16-10-11-4-3-7-17-14(11)18-8-9-19-12-5-1-2-6-13(12)21-15(19)20/h1-7H,8-9H2,(H,17,18). The Balaban J connectivity index is 1.77. The summed E-state index contributed by atoms with van der Waals surface area (Å²) in [6.07, 6.45) is 1.61. The molecule has 0 aliphatic rings. The fourth-order valence-corrected chi connectivity index (χ4v) is 2.15. The molecule has 0 aliphatic heterocycles. The first-order chi connectivity index (χ1) is 10.3. The number of para-hydroxylation sites is 2. The van der Waals surface area contributed by atoms with Crippen molar-refractivity contribution < 1.29 is 4.42 Å². The average molecular weight is 280 g/mol. The van der Waals surface area contributed by atoms with Gasteiger partial charge in [0.25, 0.3) is 0 Å². The van der Waals surface area contributed by atoms with Gasteiger partial charge >= 0.3 is 5.76 Å². The lowest BCUT2D eigenvalue weighted by Crippen LogP contribution is -2.20. The van der Waals surface area contributed by atoms with Crippen molar-refractivity contribution in [1.29, 1.82) is 5.26 Å². The van der Waals surface area contributed by atoms with Crippen molar-refractivity contribution in [2.24, 2.45) is 0 Å². The lowest BCUT2D eigenvalue weighted by Gasteiger charge is -2.07. The second kappa shape index (κ2) is 5.51. The van der Waals surface area contributed by atoms with Crippen LogP contribution in [0.1, 0.15) is 5.56 Å². The smallest absolute Gasteiger partial charge is 0.408 e. The van der Waals surface area contributed by atoms with Crippen LogP contribution in [0, 0.1) is 11.3 Å². The highest BCUT2D eigenvalue weighted by molar-refractivity contribution is 5.72. The number of hydrogen-bond donors (Lipinski definition) is 1. The fourth-order valence-electron chi connectivity index (χ4n) is 2.15. The Hall–Kier alpha value is -3.07. The van der Waals surface area contributed by atoms with Gasteiger partial charge in [-0.1, -0.05) is 12.1 Å². The van der Waals surface area contributed by atoms with Gasteiger partial charge in [-0.15, -0.1) is 0 Å². The second-order valence-corrected chi connectivity index (χ2v) is 4.43. The Kier molecular flexibility index (Phi) is 3.39. The zero-order valence-electron chi connectivity index (χ0n) is 11.1. The molecule has 0 fully saturated rings. The average Bonchev–Trinajstić information content (AvgIpc) is 2.84. The molecule has 0 saturated heterocycles. The van der Waals surface area contributed by atoms with Crippen molar-refractivity contribution in [2.75, 3.05) is 11.9 Å². The van der Waals surface area contributed by atoms with E-state index < -0.39 is 0 Å². The van der Waals surface area contributed by atoms with E-state index in [4.69, 9.17) is 9.68 Å². The number of anilines is 1. The van der Waals surface area contributed by atoms with Crippen LogP contribution in [-0.4, -0.2) is 16.1 Å². The van der Waals surface area contributed by atoms with Gasteiger partial charge in [0.15, 0.2) is 5.58 Å². The molecule has 0 unspecified atom stereocenters. The van der Waals surface area contributed by atoms with Crippen LogP contribution in [0.2, 0.25) is 0 Å². The van der Waals surface area contributed by atoms with E-state index in [1.807, 2.05) is 18.2 Å². The van der Waals surface area contributed by atoms with E-state index in [2.05, 4.69) is 16.4 Å². The van der Waals surface area contributed by atoms with Gasteiger partial charge in [0.2, 0.25) is 0 Å². The molecule has 0 bridgehead atoms. The van der Waals surface area contributed by atoms with E-state index in [1.165, 1.54) is 0 Å². The third kappa shape index (κ3) is 2.49. The fraction of sp³-hybridized carbons (Fsp3) is 0.133. The molecule has 0 spiro atoms. The summed E-state index contributed by atoms with van der Waals surface area (Å²) in [6, 6.07) is 12.7. The molecule has 6 heteroatoms. The van der Waals surface area contributed by atoms with Crippen molar-refractivity contribution in [3.8, 4) is 6.07 Å². The van der Waals surface area contributed by atoms with Crippen LogP contribution in [0.15, 0.2) is 51.8 Å². The summed E-state index contributed by atoms with van der Waals surface area (Å²) in [4.78, 5) is 15.9. The summed E-state index contributed by atoms with van der Waals surface area (Å²) in [5.74, 6) is 0.125. The van der Waals surface area contributed by atoms with Crippen LogP contribution < -0.4 is 11.1 Å². The molecule has 1 N–H and O–H groups in total. The van der Waals surface area contributed by atoms with Crippen LogP contribution in [0.4, 0.5) is 5.82 Å². The highest BCUT2D eigenvalue weighted by atomic mass is 16.4. The number of benzene rings is 1. The van der Waals surface area contributed by atoms with Gasteiger partial charge in [-0.2, -0.15) is 5.26 Å². The van der Waals surface area contributed by atoms with E-state index in [-0.39, 0.29) is 5.76 Å². The van der Waals surface area contributed by atoms with Crippen molar-refractivity contribution >= 4 is 16.9 Å². The molecule has 0 amide bonds. The minimum atomic E-state index is -0.389.